The zero-order valence-electron chi connectivity index (χ0n) is 30.0. The number of benzene rings is 1. The summed E-state index contributed by atoms with van der Waals surface area (Å²) in [5.74, 6) is -1.73. The Bertz CT molecular complexity index is 917. The molecule has 0 aliphatic carbocycles. The van der Waals surface area contributed by atoms with Gasteiger partial charge >= 0.3 is 11.9 Å². The van der Waals surface area contributed by atoms with E-state index in [1.165, 1.54) is 19.3 Å². The van der Waals surface area contributed by atoms with Crippen molar-refractivity contribution in [2.45, 2.75) is 45.4 Å². The minimum Gasteiger partial charge on any atom is -0.463 e. The van der Waals surface area contributed by atoms with E-state index in [9.17, 15) is 14.4 Å². The third-order valence-corrected chi connectivity index (χ3v) is 6.63. The number of hydrogen-bond donors (Lipinski definition) is 0. The average molecular weight is 717 g/mol. The van der Waals surface area contributed by atoms with E-state index in [4.69, 9.17) is 52.1 Å². The van der Waals surface area contributed by atoms with Gasteiger partial charge in [-0.05, 0) is 6.42 Å². The van der Waals surface area contributed by atoms with Crippen LogP contribution in [0.5, 0.6) is 0 Å². The van der Waals surface area contributed by atoms with Crippen LogP contribution in [0.1, 0.15) is 55.8 Å². The maximum absolute atomic E-state index is 11.9. The summed E-state index contributed by atoms with van der Waals surface area (Å²) in [6.45, 7) is 10.1. The monoisotopic (exact) mass is 716 g/mol. The predicted octanol–water partition coefficient (Wildman–Crippen LogP) is 3.47. The normalized spacial score (nSPS) is 11.1. The Morgan fingerprint density at radius 3 is 1.14 bits per heavy atom. The number of unbranched alkanes of at least 4 members (excludes halogenated alkanes) is 4. The smallest absolute Gasteiger partial charge is 0.379 e. The number of carbonyl (C=O) groups is 3. The van der Waals surface area contributed by atoms with Crippen molar-refractivity contribution < 1.29 is 66.5 Å². The van der Waals surface area contributed by atoms with Gasteiger partial charge in [0, 0.05) is 12.0 Å². The van der Waals surface area contributed by atoms with Crippen LogP contribution in [-0.4, -0.2) is 150 Å². The Labute approximate surface area is 297 Å². The quantitative estimate of drug-likeness (QED) is 0.0425. The lowest BCUT2D eigenvalue weighted by molar-refractivity contribution is -0.145. The molecule has 0 bridgehead atoms. The zero-order chi connectivity index (χ0) is 36.0. The molecule has 0 radical (unpaired) electrons. The van der Waals surface area contributed by atoms with Crippen molar-refractivity contribution in [3.8, 4) is 0 Å². The van der Waals surface area contributed by atoms with Crippen molar-refractivity contribution >= 4 is 17.7 Å². The number of rotatable bonds is 38. The maximum Gasteiger partial charge on any atom is 0.379 e. The number of ether oxygens (including phenoxy) is 11. The minimum atomic E-state index is -0.900. The molecular formula is C36H60O14. The van der Waals surface area contributed by atoms with Crippen LogP contribution < -0.4 is 0 Å². The lowest BCUT2D eigenvalue weighted by atomic mass is 10.1. The Hall–Kier alpha value is -2.53. The van der Waals surface area contributed by atoms with Gasteiger partial charge in [-0.3, -0.25) is 9.59 Å². The van der Waals surface area contributed by atoms with Gasteiger partial charge in [-0.25, -0.2) is 4.79 Å². The molecule has 0 unspecified atom stereocenters. The predicted molar refractivity (Wildman–Crippen MR) is 183 cm³/mol. The molecule has 1 aromatic rings. The van der Waals surface area contributed by atoms with E-state index in [-0.39, 0.29) is 25.8 Å². The number of carbonyl (C=O) groups excluding carboxylic acids is 3. The standard InChI is InChI=1S/C36H60O14/c1-2-3-4-5-9-12-34(37)49-31-29-47-27-25-45-23-21-43-19-17-41-15-13-40-14-16-42-18-20-44-22-24-46-26-28-48-30-32-50-36(39)35(38)33-10-7-6-8-11-33/h6-8,10-11H,2-5,9,12-32H2,1H3. The highest BCUT2D eigenvalue weighted by atomic mass is 16.6. The number of Topliss-reactive ketones (excluding diaryl/α,β-unsaturated/α-hetero) is 1. The topological polar surface area (TPSA) is 153 Å². The highest BCUT2D eigenvalue weighted by Gasteiger charge is 2.17. The van der Waals surface area contributed by atoms with Crippen LogP contribution in [0.15, 0.2) is 30.3 Å². The molecule has 0 aromatic heterocycles. The molecule has 0 spiro atoms. The Morgan fingerprint density at radius 1 is 0.420 bits per heavy atom. The van der Waals surface area contributed by atoms with Gasteiger partial charge in [0.25, 0.3) is 5.78 Å². The fourth-order valence-corrected chi connectivity index (χ4v) is 3.99. The van der Waals surface area contributed by atoms with E-state index in [0.29, 0.717) is 124 Å². The number of esters is 2. The Balaban J connectivity index is 1.67. The molecule has 288 valence electrons. The summed E-state index contributed by atoms with van der Waals surface area (Å²) in [4.78, 5) is 35.2. The van der Waals surface area contributed by atoms with Gasteiger partial charge < -0.3 is 52.1 Å². The van der Waals surface area contributed by atoms with Crippen LogP contribution in [0.2, 0.25) is 0 Å². The van der Waals surface area contributed by atoms with Crippen molar-refractivity contribution in [3.05, 3.63) is 35.9 Å². The van der Waals surface area contributed by atoms with Crippen LogP contribution in [0.25, 0.3) is 0 Å². The second kappa shape index (κ2) is 36.3. The van der Waals surface area contributed by atoms with E-state index in [1.54, 1.807) is 30.3 Å². The average Bonchev–Trinajstić information content (AvgIpc) is 3.13. The van der Waals surface area contributed by atoms with Crippen molar-refractivity contribution in [1.82, 2.24) is 0 Å². The molecule has 14 heteroatoms. The van der Waals surface area contributed by atoms with Crippen molar-refractivity contribution in [2.75, 3.05) is 132 Å². The molecule has 1 aromatic carbocycles. The van der Waals surface area contributed by atoms with E-state index in [1.807, 2.05) is 0 Å². The summed E-state index contributed by atoms with van der Waals surface area (Å²) in [5, 5.41) is 0. The fourth-order valence-electron chi connectivity index (χ4n) is 3.99. The molecule has 0 aliphatic rings. The van der Waals surface area contributed by atoms with Crippen LogP contribution in [0.4, 0.5) is 0 Å². The van der Waals surface area contributed by atoms with E-state index < -0.39 is 11.8 Å². The summed E-state index contributed by atoms with van der Waals surface area (Å²) in [7, 11) is 0. The second-order valence-corrected chi connectivity index (χ2v) is 10.7. The SMILES string of the molecule is CCCCCCCC(=O)OCCOCCOCCOCCOCCOCCOCCOCCOCCOCCOC(=O)C(=O)c1ccccc1. The summed E-state index contributed by atoms with van der Waals surface area (Å²) in [6, 6.07) is 8.25. The van der Waals surface area contributed by atoms with Crippen molar-refractivity contribution in [2.24, 2.45) is 0 Å². The van der Waals surface area contributed by atoms with Gasteiger partial charge in [0.2, 0.25) is 0 Å². The van der Waals surface area contributed by atoms with Gasteiger partial charge in [-0.15, -0.1) is 0 Å². The van der Waals surface area contributed by atoms with Gasteiger partial charge in [-0.2, -0.15) is 0 Å². The third-order valence-electron chi connectivity index (χ3n) is 6.63. The first-order valence-electron chi connectivity index (χ1n) is 17.8. The molecule has 0 heterocycles. The van der Waals surface area contributed by atoms with Crippen LogP contribution in [-0.2, 0) is 61.7 Å². The van der Waals surface area contributed by atoms with Gasteiger partial charge in [0.15, 0.2) is 0 Å². The number of hydrogen-bond acceptors (Lipinski definition) is 14. The van der Waals surface area contributed by atoms with E-state index in [2.05, 4.69) is 6.92 Å². The second-order valence-electron chi connectivity index (χ2n) is 10.7. The first-order chi connectivity index (χ1) is 24.6. The van der Waals surface area contributed by atoms with E-state index in [0.717, 1.165) is 12.8 Å². The summed E-state index contributed by atoms with van der Waals surface area (Å²) >= 11 is 0. The first kappa shape index (κ1) is 45.5. The molecule has 0 atom stereocenters. The highest BCUT2D eigenvalue weighted by molar-refractivity contribution is 6.40. The molecule has 50 heavy (non-hydrogen) atoms. The van der Waals surface area contributed by atoms with Gasteiger partial charge in [-0.1, -0.05) is 62.9 Å². The maximum atomic E-state index is 11.9. The van der Waals surface area contributed by atoms with E-state index >= 15 is 0 Å². The summed E-state index contributed by atoms with van der Waals surface area (Å²) in [6.07, 6.45) is 6.03. The zero-order valence-corrected chi connectivity index (χ0v) is 30.0. The van der Waals surface area contributed by atoms with Crippen LogP contribution in [0.3, 0.4) is 0 Å². The highest BCUT2D eigenvalue weighted by Crippen LogP contribution is 2.05. The molecule has 0 aliphatic heterocycles. The lowest BCUT2D eigenvalue weighted by Crippen LogP contribution is -2.20. The molecule has 1 rings (SSSR count). The van der Waals surface area contributed by atoms with Crippen LogP contribution >= 0.6 is 0 Å². The van der Waals surface area contributed by atoms with Gasteiger partial charge in [0.1, 0.15) is 13.2 Å². The summed E-state index contributed by atoms with van der Waals surface area (Å²) in [5.41, 5.74) is 0.293. The molecule has 0 saturated heterocycles. The number of ketones is 1. The van der Waals surface area contributed by atoms with Crippen molar-refractivity contribution in [3.63, 3.8) is 0 Å². The molecular weight excluding hydrogens is 656 g/mol. The molecule has 0 amide bonds. The van der Waals surface area contributed by atoms with Gasteiger partial charge in [0.05, 0.1) is 119 Å². The van der Waals surface area contributed by atoms with Crippen molar-refractivity contribution in [1.29, 1.82) is 0 Å². The largest absolute Gasteiger partial charge is 0.463 e. The third kappa shape index (κ3) is 30.3. The first-order valence-corrected chi connectivity index (χ1v) is 17.8. The Morgan fingerprint density at radius 2 is 0.760 bits per heavy atom. The molecule has 0 fully saturated rings. The molecule has 0 saturated carbocycles. The fraction of sp³-hybridized carbons (Fsp3) is 0.750. The molecule has 14 nitrogen and oxygen atoms in total. The summed E-state index contributed by atoms with van der Waals surface area (Å²) < 4.78 is 59.0. The lowest BCUT2D eigenvalue weighted by Gasteiger charge is -2.09. The minimum absolute atomic E-state index is 0.00563. The van der Waals surface area contributed by atoms with Crippen LogP contribution in [0, 0.1) is 0 Å². The Kier molecular flexibility index (Phi) is 33.0. The molecule has 0 N–H and O–H groups in total.